The van der Waals surface area contributed by atoms with Crippen LogP contribution in [0.5, 0.6) is 5.75 Å². The van der Waals surface area contributed by atoms with E-state index in [4.69, 9.17) is 0 Å². The van der Waals surface area contributed by atoms with Gasteiger partial charge in [0.15, 0.2) is 0 Å². The highest BCUT2D eigenvalue weighted by Gasteiger charge is 2.64. The second kappa shape index (κ2) is 11.3. The van der Waals surface area contributed by atoms with E-state index in [2.05, 4.69) is 29.2 Å². The van der Waals surface area contributed by atoms with Crippen LogP contribution in [0, 0.1) is 0 Å². The van der Waals surface area contributed by atoms with Gasteiger partial charge in [0.1, 0.15) is 5.75 Å². The Balaban J connectivity index is 1.20. The number of alkyl halides is 3. The summed E-state index contributed by atoms with van der Waals surface area (Å²) in [6, 6.07) is 20.8. The Morgan fingerprint density at radius 3 is 2.44 bits per heavy atom. The van der Waals surface area contributed by atoms with Crippen molar-refractivity contribution >= 4 is 5.91 Å². The lowest BCUT2D eigenvalue weighted by atomic mass is 9.48. The van der Waals surface area contributed by atoms with Gasteiger partial charge in [-0.05, 0) is 98.0 Å². The van der Waals surface area contributed by atoms with Crippen LogP contribution in [0.15, 0.2) is 72.8 Å². The number of amides is 1. The Labute approximate surface area is 250 Å². The lowest BCUT2D eigenvalue weighted by Gasteiger charge is -2.65. The minimum Gasteiger partial charge on any atom is -0.508 e. The molecule has 6 rings (SSSR count). The van der Waals surface area contributed by atoms with Crippen LogP contribution in [0.2, 0.25) is 0 Å². The Morgan fingerprint density at radius 1 is 1.00 bits per heavy atom. The van der Waals surface area contributed by atoms with Crippen molar-refractivity contribution in [2.75, 3.05) is 20.1 Å². The van der Waals surface area contributed by atoms with Crippen molar-refractivity contribution in [3.63, 3.8) is 0 Å². The van der Waals surface area contributed by atoms with E-state index < -0.39 is 22.8 Å². The molecule has 2 aliphatic carbocycles. The highest BCUT2D eigenvalue weighted by atomic mass is 19.4. The Morgan fingerprint density at radius 2 is 1.72 bits per heavy atom. The number of halogens is 3. The molecule has 0 spiro atoms. The number of nitrogens with zero attached hydrogens (tertiary/aromatic N) is 2. The van der Waals surface area contributed by atoms with E-state index in [1.165, 1.54) is 17.7 Å². The maximum Gasteiger partial charge on any atom is 0.416 e. The number of aryl methyl sites for hydroxylation is 1. The molecule has 1 saturated carbocycles. The number of hydrogen-bond acceptors (Lipinski definition) is 4. The third-order valence-corrected chi connectivity index (χ3v) is 10.5. The maximum absolute atomic E-state index is 13.4. The molecule has 3 aromatic carbocycles. The normalized spacial score (nSPS) is 26.8. The first-order valence-electron chi connectivity index (χ1n) is 15.2. The Bertz CT molecular complexity index is 1460. The highest BCUT2D eigenvalue weighted by molar-refractivity contribution is 5.76. The molecule has 1 aliphatic heterocycles. The number of phenols is 1. The van der Waals surface area contributed by atoms with Gasteiger partial charge >= 0.3 is 6.18 Å². The number of benzene rings is 3. The maximum atomic E-state index is 13.4. The van der Waals surface area contributed by atoms with E-state index in [1.54, 1.807) is 18.0 Å². The lowest BCUT2D eigenvalue weighted by molar-refractivity contribution is -0.177. The summed E-state index contributed by atoms with van der Waals surface area (Å²) in [6.45, 7) is 1.68. The molecule has 1 heterocycles. The smallest absolute Gasteiger partial charge is 0.416 e. The average molecular weight is 593 g/mol. The van der Waals surface area contributed by atoms with Crippen LogP contribution in [-0.4, -0.2) is 63.7 Å². The second-order valence-corrected chi connectivity index (χ2v) is 12.7. The van der Waals surface area contributed by atoms with Gasteiger partial charge in [-0.15, -0.1) is 0 Å². The van der Waals surface area contributed by atoms with E-state index in [9.17, 15) is 28.2 Å². The number of piperidine rings is 1. The summed E-state index contributed by atoms with van der Waals surface area (Å²) in [5, 5.41) is 23.1. The molecular weight excluding hydrogens is 553 g/mol. The zero-order valence-corrected chi connectivity index (χ0v) is 24.5. The molecule has 1 unspecified atom stereocenters. The molecule has 2 bridgehead atoms. The Hall–Kier alpha value is -3.36. The van der Waals surface area contributed by atoms with Gasteiger partial charge in [0.05, 0.1) is 11.2 Å². The van der Waals surface area contributed by atoms with Crippen LogP contribution in [0.3, 0.4) is 0 Å². The van der Waals surface area contributed by atoms with Gasteiger partial charge in [-0.2, -0.15) is 13.2 Å². The number of aromatic hydroxyl groups is 1. The summed E-state index contributed by atoms with van der Waals surface area (Å²) >= 11 is 0. The number of aliphatic hydroxyl groups is 1. The van der Waals surface area contributed by atoms with Crippen molar-refractivity contribution in [1.29, 1.82) is 0 Å². The summed E-state index contributed by atoms with van der Waals surface area (Å²) in [6.07, 6.45) is 0.342. The molecule has 2 fully saturated rings. The van der Waals surface area contributed by atoms with Crippen molar-refractivity contribution in [2.45, 2.75) is 80.6 Å². The van der Waals surface area contributed by atoms with Crippen LogP contribution in [0.4, 0.5) is 13.2 Å². The summed E-state index contributed by atoms with van der Waals surface area (Å²) in [5.74, 6) is 0.124. The number of carbonyl (C=O) groups excluding carboxylic acids is 1. The molecule has 1 saturated heterocycles. The molecule has 43 heavy (non-hydrogen) atoms. The topological polar surface area (TPSA) is 64.0 Å². The average Bonchev–Trinajstić information content (AvgIpc) is 2.99. The first-order valence-corrected chi connectivity index (χ1v) is 15.2. The van der Waals surface area contributed by atoms with Crippen LogP contribution in [0.25, 0.3) is 0 Å². The lowest BCUT2D eigenvalue weighted by Crippen LogP contribution is -2.74. The van der Waals surface area contributed by atoms with Gasteiger partial charge in [0, 0.05) is 37.5 Å². The van der Waals surface area contributed by atoms with E-state index in [0.29, 0.717) is 31.2 Å². The third-order valence-electron chi connectivity index (χ3n) is 10.5. The molecule has 3 aliphatic rings. The molecule has 228 valence electrons. The summed E-state index contributed by atoms with van der Waals surface area (Å²) in [4.78, 5) is 17.6. The third kappa shape index (κ3) is 5.44. The van der Waals surface area contributed by atoms with Crippen LogP contribution >= 0.6 is 0 Å². The van der Waals surface area contributed by atoms with Gasteiger partial charge in [-0.25, -0.2) is 0 Å². The predicted molar refractivity (Wildman–Crippen MR) is 159 cm³/mol. The van der Waals surface area contributed by atoms with Crippen LogP contribution < -0.4 is 0 Å². The molecule has 1 amide bonds. The monoisotopic (exact) mass is 592 g/mol. The summed E-state index contributed by atoms with van der Waals surface area (Å²) in [7, 11) is 1.81. The number of hydrogen-bond donors (Lipinski definition) is 2. The van der Waals surface area contributed by atoms with Crippen molar-refractivity contribution in [3.8, 4) is 5.75 Å². The standard InChI is InChI=1S/C35H39F3N2O3/c1-39(32(42)14-9-25-7-11-27(12-8-25)35(36,37)38)28-15-17-34(43)31-21-26-10-13-29(41)22-30(26)33(34,23-28)18-20-40(31)19-16-24-5-3-2-4-6-24/h2-8,10-13,22,28,31,41,43H,9,14-21,23H2,1H3/t28?,31-,33-,34-/m1/s1. The summed E-state index contributed by atoms with van der Waals surface area (Å²) < 4.78 is 38.8. The van der Waals surface area contributed by atoms with Crippen molar-refractivity contribution < 1.29 is 28.2 Å². The fourth-order valence-electron chi connectivity index (χ4n) is 8.08. The molecule has 2 N–H and O–H groups in total. The summed E-state index contributed by atoms with van der Waals surface area (Å²) in [5.41, 5.74) is 1.85. The molecule has 8 heteroatoms. The zero-order chi connectivity index (χ0) is 30.4. The SMILES string of the molecule is CN(C(=O)CCc1ccc(C(F)(F)F)cc1)C1CC[C@@]2(O)[C@H]3Cc4ccc(O)cc4[C@@]2(CCN3CCc2ccccc2)C1. The van der Waals surface area contributed by atoms with Gasteiger partial charge in [0.2, 0.25) is 5.91 Å². The van der Waals surface area contributed by atoms with Gasteiger partial charge < -0.3 is 15.1 Å². The fraction of sp³-hybridized carbons (Fsp3) is 0.457. The molecule has 3 aromatic rings. The van der Waals surface area contributed by atoms with E-state index >= 15 is 0 Å². The Kier molecular flexibility index (Phi) is 7.80. The largest absolute Gasteiger partial charge is 0.508 e. The van der Waals surface area contributed by atoms with Gasteiger partial charge in [-0.1, -0.05) is 48.5 Å². The quantitative estimate of drug-likeness (QED) is 0.359. The molecular formula is C35H39F3N2O3. The molecule has 0 aromatic heterocycles. The number of carbonyl (C=O) groups is 1. The number of likely N-dealkylation sites (tertiary alicyclic amines) is 1. The minimum absolute atomic E-state index is 0.0522. The van der Waals surface area contributed by atoms with Crippen LogP contribution in [0.1, 0.15) is 59.9 Å². The number of phenolic OH excluding ortho intramolecular Hbond substituents is 1. The molecule has 0 radical (unpaired) electrons. The van der Waals surface area contributed by atoms with Crippen LogP contribution in [-0.2, 0) is 35.6 Å². The predicted octanol–water partition coefficient (Wildman–Crippen LogP) is 5.90. The van der Waals surface area contributed by atoms with Crippen molar-refractivity contribution in [3.05, 3.63) is 101 Å². The van der Waals surface area contributed by atoms with Crippen molar-refractivity contribution in [2.24, 2.45) is 0 Å². The first kappa shape index (κ1) is 29.7. The number of fused-ring (bicyclic) bond motifs is 1. The molecule has 4 atom stereocenters. The zero-order valence-electron chi connectivity index (χ0n) is 24.5. The fourth-order valence-corrected chi connectivity index (χ4v) is 8.08. The minimum atomic E-state index is -4.39. The molecule has 5 nitrogen and oxygen atoms in total. The van der Waals surface area contributed by atoms with E-state index in [1.807, 2.05) is 18.2 Å². The number of rotatable bonds is 7. The van der Waals surface area contributed by atoms with Gasteiger partial charge in [-0.3, -0.25) is 9.69 Å². The highest BCUT2D eigenvalue weighted by Crippen LogP contribution is 2.59. The first-order chi connectivity index (χ1) is 20.5. The van der Waals surface area contributed by atoms with Gasteiger partial charge in [0.25, 0.3) is 0 Å². The second-order valence-electron chi connectivity index (χ2n) is 12.7. The van der Waals surface area contributed by atoms with E-state index in [-0.39, 0.29) is 30.2 Å². The van der Waals surface area contributed by atoms with E-state index in [0.717, 1.165) is 55.6 Å². The van der Waals surface area contributed by atoms with Crippen molar-refractivity contribution in [1.82, 2.24) is 9.80 Å².